The summed E-state index contributed by atoms with van der Waals surface area (Å²) in [4.78, 5) is 14.5. The normalized spacial score (nSPS) is 11.0. The Hall–Kier alpha value is -3.26. The van der Waals surface area contributed by atoms with Gasteiger partial charge >= 0.3 is 0 Å². The molecule has 0 fully saturated rings. The molecule has 0 aliphatic carbocycles. The van der Waals surface area contributed by atoms with Crippen LogP contribution in [0.1, 0.15) is 25.0 Å². The molecule has 0 unspecified atom stereocenters. The van der Waals surface area contributed by atoms with Crippen molar-refractivity contribution in [3.63, 3.8) is 0 Å². The van der Waals surface area contributed by atoms with Crippen LogP contribution in [0, 0.1) is 11.3 Å². The Morgan fingerprint density at radius 2 is 1.89 bits per heavy atom. The number of amides is 1. The van der Waals surface area contributed by atoms with Gasteiger partial charge in [0.1, 0.15) is 17.4 Å². The number of hydrogen-bond acceptors (Lipinski definition) is 4. The SMILES string of the molecule is COc1cccc(CCN/C=C(/C#N)C(=O)N(Cc2ccccc2)C(C)C)c1. The number of nitriles is 1. The van der Waals surface area contributed by atoms with E-state index in [1.807, 2.05) is 74.5 Å². The number of carbonyl (C=O) groups is 1. The molecule has 5 heteroatoms. The van der Waals surface area contributed by atoms with E-state index in [2.05, 4.69) is 5.32 Å². The van der Waals surface area contributed by atoms with Gasteiger partial charge in [-0.05, 0) is 43.5 Å². The van der Waals surface area contributed by atoms with Crippen LogP contribution < -0.4 is 10.1 Å². The van der Waals surface area contributed by atoms with Crippen molar-refractivity contribution in [2.75, 3.05) is 13.7 Å². The lowest BCUT2D eigenvalue weighted by Gasteiger charge is -2.26. The number of hydrogen-bond donors (Lipinski definition) is 1. The fourth-order valence-electron chi connectivity index (χ4n) is 2.78. The van der Waals surface area contributed by atoms with Crippen molar-refractivity contribution < 1.29 is 9.53 Å². The zero-order valence-electron chi connectivity index (χ0n) is 16.7. The highest BCUT2D eigenvalue weighted by Gasteiger charge is 2.21. The molecule has 5 nitrogen and oxygen atoms in total. The molecule has 0 saturated carbocycles. The number of rotatable bonds is 9. The van der Waals surface area contributed by atoms with Crippen LogP contribution in [0.15, 0.2) is 66.4 Å². The monoisotopic (exact) mass is 377 g/mol. The molecule has 0 heterocycles. The van der Waals surface area contributed by atoms with E-state index in [1.165, 1.54) is 6.20 Å². The van der Waals surface area contributed by atoms with Crippen LogP contribution in [0.5, 0.6) is 5.75 Å². The van der Waals surface area contributed by atoms with Crippen molar-refractivity contribution >= 4 is 5.91 Å². The van der Waals surface area contributed by atoms with Gasteiger partial charge in [-0.25, -0.2) is 0 Å². The van der Waals surface area contributed by atoms with Crippen molar-refractivity contribution in [2.45, 2.75) is 32.9 Å². The van der Waals surface area contributed by atoms with Crippen molar-refractivity contribution in [1.29, 1.82) is 5.26 Å². The Kier molecular flexibility index (Phi) is 8.11. The molecular formula is C23H27N3O2. The molecule has 2 aromatic carbocycles. The Morgan fingerprint density at radius 1 is 1.18 bits per heavy atom. The van der Waals surface area contributed by atoms with Gasteiger partial charge < -0.3 is 15.0 Å². The molecule has 0 aliphatic rings. The van der Waals surface area contributed by atoms with E-state index < -0.39 is 0 Å². The molecule has 1 N–H and O–H groups in total. The van der Waals surface area contributed by atoms with Crippen LogP contribution in [0.2, 0.25) is 0 Å². The van der Waals surface area contributed by atoms with Crippen molar-refractivity contribution in [1.82, 2.24) is 10.2 Å². The Bertz CT molecular complexity index is 838. The largest absolute Gasteiger partial charge is 0.497 e. The summed E-state index contributed by atoms with van der Waals surface area (Å²) in [6, 6.07) is 19.6. The van der Waals surface area contributed by atoms with Crippen LogP contribution in [-0.4, -0.2) is 30.5 Å². The molecule has 2 rings (SSSR count). The minimum Gasteiger partial charge on any atom is -0.497 e. The molecule has 146 valence electrons. The summed E-state index contributed by atoms with van der Waals surface area (Å²) in [5.74, 6) is 0.546. The van der Waals surface area contributed by atoms with Gasteiger partial charge in [0.15, 0.2) is 0 Å². The van der Waals surface area contributed by atoms with Gasteiger partial charge in [-0.3, -0.25) is 4.79 Å². The molecule has 0 spiro atoms. The zero-order valence-corrected chi connectivity index (χ0v) is 16.7. The van der Waals surface area contributed by atoms with Crippen LogP contribution in [0.3, 0.4) is 0 Å². The maximum Gasteiger partial charge on any atom is 0.266 e. The van der Waals surface area contributed by atoms with E-state index in [-0.39, 0.29) is 17.5 Å². The maximum absolute atomic E-state index is 12.8. The minimum atomic E-state index is -0.268. The van der Waals surface area contributed by atoms with Crippen molar-refractivity contribution in [2.24, 2.45) is 0 Å². The first-order valence-corrected chi connectivity index (χ1v) is 9.36. The zero-order chi connectivity index (χ0) is 20.4. The first kappa shape index (κ1) is 21.0. The molecule has 1 amide bonds. The topological polar surface area (TPSA) is 65.4 Å². The second kappa shape index (κ2) is 10.8. The van der Waals surface area contributed by atoms with Crippen LogP contribution in [-0.2, 0) is 17.8 Å². The second-order valence-electron chi connectivity index (χ2n) is 6.74. The van der Waals surface area contributed by atoms with Gasteiger partial charge in [0.05, 0.1) is 7.11 Å². The summed E-state index contributed by atoms with van der Waals surface area (Å²) in [5.41, 5.74) is 2.26. The highest BCUT2D eigenvalue weighted by Crippen LogP contribution is 2.13. The number of nitrogens with one attached hydrogen (secondary N) is 1. The molecule has 0 aliphatic heterocycles. The first-order valence-electron chi connectivity index (χ1n) is 9.36. The summed E-state index contributed by atoms with van der Waals surface area (Å²) in [6.45, 7) is 4.99. The first-order chi connectivity index (χ1) is 13.5. The summed E-state index contributed by atoms with van der Waals surface area (Å²) in [5, 5.41) is 12.5. The molecule has 0 radical (unpaired) electrons. The van der Waals surface area contributed by atoms with Gasteiger partial charge in [0.2, 0.25) is 0 Å². The number of nitrogens with zero attached hydrogens (tertiary/aromatic N) is 2. The van der Waals surface area contributed by atoms with E-state index in [0.717, 1.165) is 23.3 Å². The summed E-state index contributed by atoms with van der Waals surface area (Å²) < 4.78 is 5.22. The number of benzene rings is 2. The summed E-state index contributed by atoms with van der Waals surface area (Å²) >= 11 is 0. The fraction of sp³-hybridized carbons (Fsp3) is 0.304. The second-order valence-corrected chi connectivity index (χ2v) is 6.74. The van der Waals surface area contributed by atoms with Crippen molar-refractivity contribution in [3.05, 3.63) is 77.5 Å². The maximum atomic E-state index is 12.8. The quantitative estimate of drug-likeness (QED) is 0.411. The summed E-state index contributed by atoms with van der Waals surface area (Å²) in [7, 11) is 1.64. The number of methoxy groups -OCH3 is 1. The van der Waals surface area contributed by atoms with Gasteiger partial charge in [-0.1, -0.05) is 42.5 Å². The lowest BCUT2D eigenvalue weighted by Crippen LogP contribution is -2.37. The smallest absolute Gasteiger partial charge is 0.266 e. The Balaban J connectivity index is 1.98. The third-order valence-corrected chi connectivity index (χ3v) is 4.37. The number of carbonyl (C=O) groups excluding carboxylic acids is 1. The van der Waals surface area contributed by atoms with E-state index in [4.69, 9.17) is 4.74 Å². The average molecular weight is 377 g/mol. The van der Waals surface area contributed by atoms with Crippen LogP contribution in [0.4, 0.5) is 0 Å². The Morgan fingerprint density at radius 3 is 2.54 bits per heavy atom. The lowest BCUT2D eigenvalue weighted by molar-refractivity contribution is -0.129. The molecule has 0 aromatic heterocycles. The molecule has 2 aromatic rings. The van der Waals surface area contributed by atoms with Crippen LogP contribution >= 0.6 is 0 Å². The molecule has 0 bridgehead atoms. The highest BCUT2D eigenvalue weighted by molar-refractivity contribution is 5.97. The Labute approximate surface area is 167 Å². The fourth-order valence-corrected chi connectivity index (χ4v) is 2.78. The summed E-state index contributed by atoms with van der Waals surface area (Å²) in [6.07, 6.45) is 2.28. The third kappa shape index (κ3) is 6.17. The number of ether oxygens (including phenoxy) is 1. The molecule has 0 atom stereocenters. The average Bonchev–Trinajstić information content (AvgIpc) is 2.72. The van der Waals surface area contributed by atoms with Gasteiger partial charge in [-0.2, -0.15) is 5.26 Å². The van der Waals surface area contributed by atoms with Crippen LogP contribution in [0.25, 0.3) is 0 Å². The third-order valence-electron chi connectivity index (χ3n) is 4.37. The minimum absolute atomic E-state index is 0.0127. The lowest BCUT2D eigenvalue weighted by atomic mass is 10.1. The van der Waals surface area contributed by atoms with E-state index in [1.54, 1.807) is 12.0 Å². The molecule has 28 heavy (non-hydrogen) atoms. The van der Waals surface area contributed by atoms with Gasteiger partial charge in [0, 0.05) is 25.3 Å². The highest BCUT2D eigenvalue weighted by atomic mass is 16.5. The van der Waals surface area contributed by atoms with Gasteiger partial charge in [-0.15, -0.1) is 0 Å². The van der Waals surface area contributed by atoms with Gasteiger partial charge in [0.25, 0.3) is 5.91 Å². The standard InChI is InChI=1S/C23H27N3O2/c1-18(2)26(17-20-8-5-4-6-9-20)23(27)21(15-24)16-25-13-12-19-10-7-11-22(14-19)28-3/h4-11,14,16,18,25H,12-13,17H2,1-3H3/b21-16-. The van der Waals surface area contributed by atoms with E-state index in [0.29, 0.717) is 13.1 Å². The predicted octanol–water partition coefficient (Wildman–Crippen LogP) is 3.67. The predicted molar refractivity (Wildman–Crippen MR) is 111 cm³/mol. The van der Waals surface area contributed by atoms with E-state index in [9.17, 15) is 10.1 Å². The molecular weight excluding hydrogens is 350 g/mol. The van der Waals surface area contributed by atoms with Crippen molar-refractivity contribution in [3.8, 4) is 11.8 Å². The molecule has 0 saturated heterocycles. The van der Waals surface area contributed by atoms with E-state index >= 15 is 0 Å².